The number of carboxylic acids is 1. The Morgan fingerprint density at radius 2 is 2.36 bits per heavy atom. The van der Waals surface area contributed by atoms with Crippen molar-refractivity contribution in [1.29, 1.82) is 0 Å². The minimum atomic E-state index is -0.948. The fourth-order valence-electron chi connectivity index (χ4n) is 0.350. The minimum absolute atomic E-state index is 0. The van der Waals surface area contributed by atoms with E-state index in [1.165, 1.54) is 11.8 Å². The third kappa shape index (κ3) is 7.71. The van der Waals surface area contributed by atoms with Gasteiger partial charge in [0.05, 0.1) is 0 Å². The SMILES string of the molecule is C=CCSC[C@@H](N)C(=O)O.Cl. The lowest BCUT2D eigenvalue weighted by atomic mass is 10.4. The highest BCUT2D eigenvalue weighted by Crippen LogP contribution is 2.00. The van der Waals surface area contributed by atoms with E-state index >= 15 is 0 Å². The van der Waals surface area contributed by atoms with Crippen molar-refractivity contribution in [3.63, 3.8) is 0 Å². The number of carbonyl (C=O) groups is 1. The molecule has 66 valence electrons. The van der Waals surface area contributed by atoms with Crippen molar-refractivity contribution < 1.29 is 9.90 Å². The molecule has 0 radical (unpaired) electrons. The molecule has 3 N–H and O–H groups in total. The fourth-order valence-corrected chi connectivity index (χ4v) is 1.05. The Kier molecular flexibility index (Phi) is 9.64. The number of nitrogens with two attached hydrogens (primary N) is 1. The van der Waals surface area contributed by atoms with Crippen molar-refractivity contribution >= 4 is 30.1 Å². The summed E-state index contributed by atoms with van der Waals surface area (Å²) in [6.07, 6.45) is 1.72. The lowest BCUT2D eigenvalue weighted by molar-refractivity contribution is -0.137. The molecular weight excluding hydrogens is 186 g/mol. The third-order valence-electron chi connectivity index (χ3n) is 0.850. The average molecular weight is 198 g/mol. The molecule has 0 aliphatic rings. The van der Waals surface area contributed by atoms with Crippen molar-refractivity contribution in [1.82, 2.24) is 0 Å². The summed E-state index contributed by atoms with van der Waals surface area (Å²) >= 11 is 1.47. The van der Waals surface area contributed by atoms with Crippen LogP contribution in [-0.2, 0) is 4.79 Å². The molecule has 11 heavy (non-hydrogen) atoms. The maximum absolute atomic E-state index is 10.1. The Bertz CT molecular complexity index is 132. The monoisotopic (exact) mass is 197 g/mol. The lowest BCUT2D eigenvalue weighted by Gasteiger charge is -2.02. The third-order valence-corrected chi connectivity index (χ3v) is 1.92. The van der Waals surface area contributed by atoms with Crippen molar-refractivity contribution in [2.45, 2.75) is 6.04 Å². The van der Waals surface area contributed by atoms with Gasteiger partial charge in [-0.15, -0.1) is 19.0 Å². The van der Waals surface area contributed by atoms with Gasteiger partial charge in [0.2, 0.25) is 0 Å². The van der Waals surface area contributed by atoms with E-state index in [2.05, 4.69) is 6.58 Å². The summed E-state index contributed by atoms with van der Waals surface area (Å²) in [6.45, 7) is 3.49. The van der Waals surface area contributed by atoms with E-state index in [0.29, 0.717) is 5.75 Å². The molecule has 0 aromatic rings. The van der Waals surface area contributed by atoms with Crippen molar-refractivity contribution in [2.75, 3.05) is 11.5 Å². The fraction of sp³-hybridized carbons (Fsp3) is 0.500. The molecule has 0 bridgehead atoms. The summed E-state index contributed by atoms with van der Waals surface area (Å²) in [5, 5.41) is 8.32. The highest BCUT2D eigenvalue weighted by molar-refractivity contribution is 7.99. The van der Waals surface area contributed by atoms with Crippen LogP contribution in [0, 0.1) is 0 Å². The van der Waals surface area contributed by atoms with Crippen LogP contribution in [0.5, 0.6) is 0 Å². The van der Waals surface area contributed by atoms with Crippen LogP contribution in [0.2, 0.25) is 0 Å². The maximum atomic E-state index is 10.1. The van der Waals surface area contributed by atoms with Gasteiger partial charge in [0, 0.05) is 11.5 Å². The van der Waals surface area contributed by atoms with Gasteiger partial charge in [0.1, 0.15) is 6.04 Å². The molecule has 5 heteroatoms. The van der Waals surface area contributed by atoms with Gasteiger partial charge in [-0.2, -0.15) is 11.8 Å². The van der Waals surface area contributed by atoms with E-state index in [-0.39, 0.29) is 12.4 Å². The van der Waals surface area contributed by atoms with E-state index in [0.717, 1.165) is 5.75 Å². The molecule has 0 amide bonds. The molecule has 3 nitrogen and oxygen atoms in total. The van der Waals surface area contributed by atoms with E-state index < -0.39 is 12.0 Å². The first-order valence-electron chi connectivity index (χ1n) is 2.85. The summed E-state index contributed by atoms with van der Waals surface area (Å²) in [6, 6.07) is -0.745. The van der Waals surface area contributed by atoms with Crippen LogP contribution in [0.15, 0.2) is 12.7 Å². The van der Waals surface area contributed by atoms with E-state index in [9.17, 15) is 4.79 Å². The largest absolute Gasteiger partial charge is 0.480 e. The standard InChI is InChI=1S/C6H11NO2S.ClH/c1-2-3-10-4-5(7)6(8)9;/h2,5H,1,3-4,7H2,(H,8,9);1H/t5-;/m1./s1. The highest BCUT2D eigenvalue weighted by atomic mass is 35.5. The topological polar surface area (TPSA) is 63.3 Å². The van der Waals surface area contributed by atoms with Crippen LogP contribution < -0.4 is 5.73 Å². The number of hydrogen-bond donors (Lipinski definition) is 2. The average Bonchev–Trinajstić information content (AvgIpc) is 1.88. The molecule has 0 saturated carbocycles. The minimum Gasteiger partial charge on any atom is -0.480 e. The summed E-state index contributed by atoms with van der Waals surface area (Å²) < 4.78 is 0. The summed E-state index contributed by atoms with van der Waals surface area (Å²) in [5.74, 6) is 0.249. The summed E-state index contributed by atoms with van der Waals surface area (Å²) in [4.78, 5) is 10.1. The van der Waals surface area contributed by atoms with Gasteiger partial charge < -0.3 is 10.8 Å². The second kappa shape index (κ2) is 7.91. The van der Waals surface area contributed by atoms with Gasteiger partial charge in [0.25, 0.3) is 0 Å². The molecular formula is C6H12ClNO2S. The van der Waals surface area contributed by atoms with Crippen molar-refractivity contribution in [3.8, 4) is 0 Å². The zero-order valence-electron chi connectivity index (χ0n) is 6.03. The van der Waals surface area contributed by atoms with Gasteiger partial charge in [-0.05, 0) is 0 Å². The molecule has 0 heterocycles. The van der Waals surface area contributed by atoms with Crippen LogP contribution in [0.25, 0.3) is 0 Å². The van der Waals surface area contributed by atoms with Gasteiger partial charge in [-0.3, -0.25) is 4.79 Å². The zero-order valence-corrected chi connectivity index (χ0v) is 7.66. The molecule has 0 fully saturated rings. The summed E-state index contributed by atoms with van der Waals surface area (Å²) in [7, 11) is 0. The molecule has 0 aromatic carbocycles. The number of rotatable bonds is 5. The van der Waals surface area contributed by atoms with E-state index in [1.54, 1.807) is 6.08 Å². The Morgan fingerprint density at radius 3 is 2.73 bits per heavy atom. The maximum Gasteiger partial charge on any atom is 0.321 e. The molecule has 0 aliphatic heterocycles. The first-order chi connectivity index (χ1) is 4.68. The number of aliphatic carboxylic acids is 1. The van der Waals surface area contributed by atoms with Crippen molar-refractivity contribution in [3.05, 3.63) is 12.7 Å². The first kappa shape index (κ1) is 13.4. The van der Waals surface area contributed by atoms with Gasteiger partial charge in [-0.1, -0.05) is 6.08 Å². The number of thioether (sulfide) groups is 1. The normalized spacial score (nSPS) is 11.4. The molecule has 0 rings (SSSR count). The number of carboxylic acid groups (broad SMARTS) is 1. The predicted molar refractivity (Wildman–Crippen MR) is 50.4 cm³/mol. The van der Waals surface area contributed by atoms with Gasteiger partial charge in [-0.25, -0.2) is 0 Å². The second-order valence-electron chi connectivity index (χ2n) is 1.77. The molecule has 0 saturated heterocycles. The van der Waals surface area contributed by atoms with Crippen LogP contribution in [0.1, 0.15) is 0 Å². The number of halogens is 1. The Morgan fingerprint density at radius 1 is 1.82 bits per heavy atom. The smallest absolute Gasteiger partial charge is 0.321 e. The Hall–Kier alpha value is -0.190. The second-order valence-corrected chi connectivity index (χ2v) is 2.85. The Balaban J connectivity index is 0. The van der Waals surface area contributed by atoms with Crippen LogP contribution in [0.3, 0.4) is 0 Å². The zero-order chi connectivity index (χ0) is 7.98. The van der Waals surface area contributed by atoms with E-state index in [4.69, 9.17) is 10.8 Å². The van der Waals surface area contributed by atoms with Gasteiger partial charge >= 0.3 is 5.97 Å². The molecule has 0 aliphatic carbocycles. The highest BCUT2D eigenvalue weighted by Gasteiger charge is 2.09. The first-order valence-corrected chi connectivity index (χ1v) is 4.01. The summed E-state index contributed by atoms with van der Waals surface area (Å²) in [5.41, 5.74) is 5.20. The molecule has 0 unspecified atom stereocenters. The predicted octanol–water partition coefficient (Wildman–Crippen LogP) is 0.739. The van der Waals surface area contributed by atoms with Crippen LogP contribution in [0.4, 0.5) is 0 Å². The van der Waals surface area contributed by atoms with Crippen LogP contribution in [-0.4, -0.2) is 28.6 Å². The Labute approximate surface area is 76.4 Å². The quantitative estimate of drug-likeness (QED) is 0.504. The molecule has 0 aromatic heterocycles. The van der Waals surface area contributed by atoms with Gasteiger partial charge in [0.15, 0.2) is 0 Å². The number of hydrogen-bond acceptors (Lipinski definition) is 3. The molecule has 0 spiro atoms. The lowest BCUT2D eigenvalue weighted by Crippen LogP contribution is -2.32. The van der Waals surface area contributed by atoms with Crippen LogP contribution >= 0.6 is 24.2 Å². The van der Waals surface area contributed by atoms with E-state index in [1.807, 2.05) is 0 Å². The van der Waals surface area contributed by atoms with Crippen molar-refractivity contribution in [2.24, 2.45) is 5.73 Å². The molecule has 1 atom stereocenters.